The van der Waals surface area contributed by atoms with Crippen LogP contribution >= 0.6 is 0 Å². The molecule has 1 rings (SSSR count). The number of rotatable bonds is 5. The number of nitrogens with zero attached hydrogens (tertiary/aromatic N) is 1. The van der Waals surface area contributed by atoms with E-state index in [1.54, 1.807) is 12.1 Å². The number of phenolic OH excluding ortho intramolecular Hbond substituents is 1. The van der Waals surface area contributed by atoms with Crippen LogP contribution in [0.1, 0.15) is 39.2 Å². The number of benzene rings is 1. The third kappa shape index (κ3) is 4.59. The average molecular weight is 233 g/mol. The third-order valence-corrected chi connectivity index (χ3v) is 2.89. The molecule has 0 saturated carbocycles. The summed E-state index contributed by atoms with van der Waals surface area (Å²) >= 11 is 0. The molecule has 0 aliphatic heterocycles. The SMILES string of the molecule is CN=C(CC(C)CC(C)C)c1ccc(O)cc1. The Balaban J connectivity index is 2.70. The summed E-state index contributed by atoms with van der Waals surface area (Å²) in [7, 11) is 1.84. The van der Waals surface area contributed by atoms with Gasteiger partial charge in [0.15, 0.2) is 0 Å². The molecule has 1 atom stereocenters. The van der Waals surface area contributed by atoms with Crippen LogP contribution < -0.4 is 0 Å². The molecule has 0 heterocycles. The highest BCUT2D eigenvalue weighted by Gasteiger charge is 2.10. The molecule has 0 aliphatic rings. The first-order chi connectivity index (χ1) is 8.02. The highest BCUT2D eigenvalue weighted by atomic mass is 16.3. The summed E-state index contributed by atoms with van der Waals surface area (Å²) < 4.78 is 0. The van der Waals surface area contributed by atoms with E-state index >= 15 is 0 Å². The topological polar surface area (TPSA) is 32.6 Å². The predicted molar refractivity (Wildman–Crippen MR) is 73.8 cm³/mol. The molecule has 0 saturated heterocycles. The molecular formula is C15H23NO. The standard InChI is InChI=1S/C15H23NO/c1-11(2)9-12(3)10-15(16-4)13-5-7-14(17)8-6-13/h5-8,11-12,17H,9-10H2,1-4H3. The van der Waals surface area contributed by atoms with Crippen molar-refractivity contribution in [2.24, 2.45) is 16.8 Å². The van der Waals surface area contributed by atoms with E-state index < -0.39 is 0 Å². The van der Waals surface area contributed by atoms with Crippen molar-refractivity contribution in [1.29, 1.82) is 0 Å². The Morgan fingerprint density at radius 1 is 1.18 bits per heavy atom. The summed E-state index contributed by atoms with van der Waals surface area (Å²) in [4.78, 5) is 4.37. The van der Waals surface area contributed by atoms with Crippen molar-refractivity contribution in [1.82, 2.24) is 0 Å². The Morgan fingerprint density at radius 3 is 2.24 bits per heavy atom. The zero-order chi connectivity index (χ0) is 12.8. The fourth-order valence-corrected chi connectivity index (χ4v) is 2.21. The maximum Gasteiger partial charge on any atom is 0.115 e. The summed E-state index contributed by atoms with van der Waals surface area (Å²) in [6.45, 7) is 6.77. The molecule has 0 aliphatic carbocycles. The fourth-order valence-electron chi connectivity index (χ4n) is 2.21. The monoisotopic (exact) mass is 233 g/mol. The lowest BCUT2D eigenvalue weighted by molar-refractivity contribution is 0.450. The second kappa shape index (κ2) is 6.43. The first-order valence-electron chi connectivity index (χ1n) is 6.28. The molecule has 0 amide bonds. The number of hydrogen-bond acceptors (Lipinski definition) is 2. The summed E-state index contributed by atoms with van der Waals surface area (Å²) in [5.41, 5.74) is 2.24. The lowest BCUT2D eigenvalue weighted by Gasteiger charge is -2.15. The van der Waals surface area contributed by atoms with E-state index in [1.165, 1.54) is 6.42 Å². The molecule has 94 valence electrons. The second-order valence-electron chi connectivity index (χ2n) is 5.16. The minimum absolute atomic E-state index is 0.305. The van der Waals surface area contributed by atoms with E-state index in [1.807, 2.05) is 19.2 Å². The van der Waals surface area contributed by atoms with Crippen LogP contribution in [0.15, 0.2) is 29.3 Å². The molecule has 0 aromatic heterocycles. The van der Waals surface area contributed by atoms with Gasteiger partial charge in [-0.2, -0.15) is 0 Å². The molecule has 2 heteroatoms. The maximum absolute atomic E-state index is 9.27. The van der Waals surface area contributed by atoms with Crippen LogP contribution in [0.5, 0.6) is 5.75 Å². The first-order valence-corrected chi connectivity index (χ1v) is 6.28. The molecule has 17 heavy (non-hydrogen) atoms. The van der Waals surface area contributed by atoms with Gasteiger partial charge in [-0.3, -0.25) is 4.99 Å². The molecule has 0 radical (unpaired) electrons. The number of phenols is 1. The van der Waals surface area contributed by atoms with Gasteiger partial charge in [0.2, 0.25) is 0 Å². The lowest BCUT2D eigenvalue weighted by atomic mass is 9.92. The van der Waals surface area contributed by atoms with Gasteiger partial charge in [-0.25, -0.2) is 0 Å². The largest absolute Gasteiger partial charge is 0.508 e. The first kappa shape index (κ1) is 13.8. The third-order valence-electron chi connectivity index (χ3n) is 2.89. The number of aliphatic imine (C=N–C) groups is 1. The number of aromatic hydroxyl groups is 1. The van der Waals surface area contributed by atoms with Crippen molar-refractivity contribution in [2.45, 2.75) is 33.6 Å². The smallest absolute Gasteiger partial charge is 0.115 e. The Bertz CT molecular complexity index is 365. The van der Waals surface area contributed by atoms with Crippen molar-refractivity contribution in [3.05, 3.63) is 29.8 Å². The van der Waals surface area contributed by atoms with E-state index in [-0.39, 0.29) is 0 Å². The minimum Gasteiger partial charge on any atom is -0.508 e. The van der Waals surface area contributed by atoms with Crippen molar-refractivity contribution in [3.8, 4) is 5.75 Å². The van der Waals surface area contributed by atoms with Crippen LogP contribution in [0.4, 0.5) is 0 Å². The Kier molecular flexibility index (Phi) is 5.20. The Hall–Kier alpha value is -1.31. The van der Waals surface area contributed by atoms with E-state index in [9.17, 15) is 5.11 Å². The van der Waals surface area contributed by atoms with Gasteiger partial charge in [0.1, 0.15) is 5.75 Å². The van der Waals surface area contributed by atoms with Gasteiger partial charge in [0.25, 0.3) is 0 Å². The van der Waals surface area contributed by atoms with Crippen LogP contribution in [0.3, 0.4) is 0 Å². The zero-order valence-corrected chi connectivity index (χ0v) is 11.3. The van der Waals surface area contributed by atoms with E-state index in [2.05, 4.69) is 25.8 Å². The van der Waals surface area contributed by atoms with Gasteiger partial charge < -0.3 is 5.11 Å². The summed E-state index contributed by atoms with van der Waals surface area (Å²) in [6.07, 6.45) is 2.22. The highest BCUT2D eigenvalue weighted by Crippen LogP contribution is 2.19. The van der Waals surface area contributed by atoms with Gasteiger partial charge in [-0.05, 0) is 54.5 Å². The molecular weight excluding hydrogens is 210 g/mol. The zero-order valence-electron chi connectivity index (χ0n) is 11.3. The van der Waals surface area contributed by atoms with Crippen LogP contribution in [0, 0.1) is 11.8 Å². The predicted octanol–water partition coefficient (Wildman–Crippen LogP) is 3.88. The van der Waals surface area contributed by atoms with Crippen LogP contribution in [-0.4, -0.2) is 17.9 Å². The molecule has 0 fully saturated rings. The van der Waals surface area contributed by atoms with Gasteiger partial charge in [0.05, 0.1) is 0 Å². The number of hydrogen-bond donors (Lipinski definition) is 1. The second-order valence-corrected chi connectivity index (χ2v) is 5.16. The van der Waals surface area contributed by atoms with Crippen molar-refractivity contribution < 1.29 is 5.11 Å². The van der Waals surface area contributed by atoms with Gasteiger partial charge in [-0.1, -0.05) is 20.8 Å². The molecule has 1 N–H and O–H groups in total. The van der Waals surface area contributed by atoms with E-state index in [0.717, 1.165) is 23.6 Å². The molecule has 0 bridgehead atoms. The van der Waals surface area contributed by atoms with Crippen LogP contribution in [0.2, 0.25) is 0 Å². The fraction of sp³-hybridized carbons (Fsp3) is 0.533. The van der Waals surface area contributed by atoms with Crippen molar-refractivity contribution in [2.75, 3.05) is 7.05 Å². The highest BCUT2D eigenvalue weighted by molar-refractivity contribution is 6.00. The van der Waals surface area contributed by atoms with Gasteiger partial charge >= 0.3 is 0 Å². The van der Waals surface area contributed by atoms with Crippen LogP contribution in [-0.2, 0) is 0 Å². The molecule has 1 aromatic carbocycles. The van der Waals surface area contributed by atoms with Gasteiger partial charge in [-0.15, -0.1) is 0 Å². The minimum atomic E-state index is 0.305. The van der Waals surface area contributed by atoms with Crippen LogP contribution in [0.25, 0.3) is 0 Å². The molecule has 1 aromatic rings. The quantitative estimate of drug-likeness (QED) is 0.769. The van der Waals surface area contributed by atoms with E-state index in [0.29, 0.717) is 11.7 Å². The van der Waals surface area contributed by atoms with E-state index in [4.69, 9.17) is 0 Å². The van der Waals surface area contributed by atoms with Crippen molar-refractivity contribution >= 4 is 5.71 Å². The summed E-state index contributed by atoms with van der Waals surface area (Å²) in [6, 6.07) is 7.29. The molecule has 2 nitrogen and oxygen atoms in total. The summed E-state index contributed by atoms with van der Waals surface area (Å²) in [5, 5.41) is 9.27. The molecule has 0 spiro atoms. The Labute approximate surface area is 104 Å². The van der Waals surface area contributed by atoms with Crippen molar-refractivity contribution in [3.63, 3.8) is 0 Å². The normalized spacial score (nSPS) is 14.1. The average Bonchev–Trinajstić information content (AvgIpc) is 2.26. The maximum atomic E-state index is 9.27. The lowest BCUT2D eigenvalue weighted by Crippen LogP contribution is -2.09. The Morgan fingerprint density at radius 2 is 1.76 bits per heavy atom. The van der Waals surface area contributed by atoms with Gasteiger partial charge in [0, 0.05) is 12.8 Å². The summed E-state index contributed by atoms with van der Waals surface area (Å²) in [5.74, 6) is 1.67. The molecule has 1 unspecified atom stereocenters.